The van der Waals surface area contributed by atoms with E-state index in [-0.39, 0.29) is 0 Å². The molecule has 4 heteroatoms. The summed E-state index contributed by atoms with van der Waals surface area (Å²) in [6, 6.07) is 15.8. The fraction of sp³-hybridized carbons (Fsp3) is 0. The number of fused-ring (bicyclic) bond motifs is 1. The van der Waals surface area contributed by atoms with Crippen molar-refractivity contribution in [1.29, 1.82) is 0 Å². The van der Waals surface area contributed by atoms with Gasteiger partial charge in [-0.05, 0) is 29.8 Å². The highest BCUT2D eigenvalue weighted by atomic mass is 79.9. The van der Waals surface area contributed by atoms with Crippen molar-refractivity contribution in [3.05, 3.63) is 65.1 Å². The summed E-state index contributed by atoms with van der Waals surface area (Å²) >= 11 is 3.42. The first-order valence-electron chi connectivity index (χ1n) is 5.51. The second kappa shape index (κ2) is 4.38. The molecule has 0 N–H and O–H groups in total. The Hall–Kier alpha value is -1.94. The molecule has 1 heterocycles. The molecule has 0 saturated carbocycles. The fourth-order valence-corrected chi connectivity index (χ4v) is 2.10. The maximum atomic E-state index is 4.15. The van der Waals surface area contributed by atoms with Crippen LogP contribution in [0, 0.1) is 0 Å². The Balaban J connectivity index is 2.09. The van der Waals surface area contributed by atoms with Crippen molar-refractivity contribution in [2.75, 3.05) is 0 Å². The summed E-state index contributed by atoms with van der Waals surface area (Å²) in [6.07, 6.45) is 0. The lowest BCUT2D eigenvalue weighted by Crippen LogP contribution is -1.99. The average molecular weight is 300 g/mol. The van der Waals surface area contributed by atoms with Crippen LogP contribution in [0.25, 0.3) is 16.7 Å². The van der Waals surface area contributed by atoms with Crippen LogP contribution >= 0.6 is 15.9 Å². The Labute approximate surface area is 113 Å². The maximum Gasteiger partial charge on any atom is 0.113 e. The summed E-state index contributed by atoms with van der Waals surface area (Å²) in [6.45, 7) is 4.09. The lowest BCUT2D eigenvalue weighted by atomic mass is 10.2. The first kappa shape index (κ1) is 11.2. The molecule has 18 heavy (non-hydrogen) atoms. The average Bonchev–Trinajstić information content (AvgIpc) is 2.82. The van der Waals surface area contributed by atoms with Crippen molar-refractivity contribution in [3.8, 4) is 0 Å². The van der Waals surface area contributed by atoms with E-state index >= 15 is 0 Å². The molecule has 0 amide bonds. The fourth-order valence-electron chi connectivity index (χ4n) is 1.83. The number of halogens is 1. The van der Waals surface area contributed by atoms with Crippen LogP contribution in [0.4, 0.5) is 0 Å². The molecular formula is C14H10BrN3. The van der Waals surface area contributed by atoms with Gasteiger partial charge < -0.3 is 0 Å². The molecule has 0 spiro atoms. The zero-order chi connectivity index (χ0) is 12.5. The molecule has 0 aliphatic carbocycles. The number of benzene rings is 2. The third-order valence-electron chi connectivity index (χ3n) is 2.78. The van der Waals surface area contributed by atoms with E-state index in [2.05, 4.69) is 32.8 Å². The summed E-state index contributed by atoms with van der Waals surface area (Å²) in [5, 5.41) is 8.28. The summed E-state index contributed by atoms with van der Waals surface area (Å²) in [5.41, 5.74) is 3.67. The Bertz CT molecular complexity index is 713. The highest BCUT2D eigenvalue weighted by molar-refractivity contribution is 9.10. The van der Waals surface area contributed by atoms with Gasteiger partial charge in [0, 0.05) is 4.47 Å². The Morgan fingerprint density at radius 3 is 2.56 bits per heavy atom. The van der Waals surface area contributed by atoms with E-state index in [1.54, 1.807) is 4.68 Å². The summed E-state index contributed by atoms with van der Waals surface area (Å²) < 4.78 is 2.81. The van der Waals surface area contributed by atoms with Crippen molar-refractivity contribution in [2.24, 2.45) is 0 Å². The summed E-state index contributed by atoms with van der Waals surface area (Å²) in [5.74, 6) is 0. The normalized spacial score (nSPS) is 10.7. The lowest BCUT2D eigenvalue weighted by Gasteiger charge is -2.06. The third kappa shape index (κ3) is 1.84. The first-order valence-corrected chi connectivity index (χ1v) is 6.31. The van der Waals surface area contributed by atoms with Gasteiger partial charge in [-0.15, -0.1) is 5.10 Å². The van der Waals surface area contributed by atoms with Crippen molar-refractivity contribution in [2.45, 2.75) is 0 Å². The van der Waals surface area contributed by atoms with Crippen LogP contribution in [0.2, 0.25) is 0 Å². The van der Waals surface area contributed by atoms with Crippen LogP contribution in [0.3, 0.4) is 0 Å². The molecule has 3 rings (SSSR count). The number of nitrogens with zero attached hydrogens (tertiary/aromatic N) is 3. The Morgan fingerprint density at radius 2 is 1.78 bits per heavy atom. The molecule has 0 radical (unpaired) electrons. The van der Waals surface area contributed by atoms with E-state index < -0.39 is 0 Å². The Morgan fingerprint density at radius 1 is 1.06 bits per heavy atom. The van der Waals surface area contributed by atoms with Crippen molar-refractivity contribution >= 4 is 32.7 Å². The smallest absolute Gasteiger partial charge is 0.113 e. The topological polar surface area (TPSA) is 30.7 Å². The van der Waals surface area contributed by atoms with E-state index in [1.807, 2.05) is 48.5 Å². The summed E-state index contributed by atoms with van der Waals surface area (Å²) in [4.78, 5) is 0. The molecule has 0 fully saturated rings. The zero-order valence-corrected chi connectivity index (χ0v) is 11.1. The minimum atomic E-state index is 0.816. The minimum Gasteiger partial charge on any atom is -0.213 e. The predicted octanol–water partition coefficient (Wildman–Crippen LogP) is 3.71. The van der Waals surface area contributed by atoms with Crippen molar-refractivity contribution in [1.82, 2.24) is 15.0 Å². The minimum absolute atomic E-state index is 0.816. The van der Waals surface area contributed by atoms with E-state index in [9.17, 15) is 0 Å². The van der Waals surface area contributed by atoms with Gasteiger partial charge >= 0.3 is 0 Å². The van der Waals surface area contributed by atoms with Gasteiger partial charge in [0.2, 0.25) is 0 Å². The third-order valence-corrected chi connectivity index (χ3v) is 3.31. The molecule has 0 aliphatic heterocycles. The van der Waals surface area contributed by atoms with Gasteiger partial charge in [0.25, 0.3) is 0 Å². The molecule has 0 saturated heterocycles. The van der Waals surface area contributed by atoms with Gasteiger partial charge in [-0.1, -0.05) is 52.0 Å². The van der Waals surface area contributed by atoms with Crippen LogP contribution in [0.5, 0.6) is 0 Å². The molecule has 0 unspecified atom stereocenters. The second-order valence-corrected chi connectivity index (χ2v) is 4.86. The van der Waals surface area contributed by atoms with Gasteiger partial charge in [-0.25, -0.2) is 4.68 Å². The van der Waals surface area contributed by atoms with E-state index in [0.29, 0.717) is 0 Å². The van der Waals surface area contributed by atoms with Gasteiger partial charge in [-0.2, -0.15) is 0 Å². The molecular weight excluding hydrogens is 290 g/mol. The number of aromatic nitrogens is 3. The van der Waals surface area contributed by atoms with Crippen LogP contribution in [-0.2, 0) is 0 Å². The molecule has 0 atom stereocenters. The van der Waals surface area contributed by atoms with Crippen LogP contribution in [0.15, 0.2) is 59.6 Å². The lowest BCUT2D eigenvalue weighted by molar-refractivity contribution is 0.842. The monoisotopic (exact) mass is 299 g/mol. The van der Waals surface area contributed by atoms with Gasteiger partial charge in [0.05, 0.1) is 11.2 Å². The highest BCUT2D eigenvalue weighted by Gasteiger charge is 2.08. The van der Waals surface area contributed by atoms with Gasteiger partial charge in [0.1, 0.15) is 5.52 Å². The quantitative estimate of drug-likeness (QED) is 0.722. The van der Waals surface area contributed by atoms with Crippen molar-refractivity contribution < 1.29 is 0 Å². The Kier molecular flexibility index (Phi) is 2.72. The molecule has 2 aromatic carbocycles. The van der Waals surface area contributed by atoms with E-state index in [4.69, 9.17) is 0 Å². The second-order valence-electron chi connectivity index (χ2n) is 3.94. The van der Waals surface area contributed by atoms with Crippen LogP contribution < -0.4 is 0 Å². The summed E-state index contributed by atoms with van der Waals surface area (Å²) in [7, 11) is 0. The molecule has 3 nitrogen and oxygen atoms in total. The zero-order valence-electron chi connectivity index (χ0n) is 9.55. The molecule has 88 valence electrons. The number of hydrogen-bond donors (Lipinski definition) is 0. The molecule has 0 bridgehead atoms. The van der Waals surface area contributed by atoms with Crippen LogP contribution in [-0.4, -0.2) is 15.0 Å². The first-order chi connectivity index (χ1) is 8.75. The standard InChI is InChI=1S/C14H10BrN3/c1-10(11-6-8-12(15)9-7-11)18-14-5-3-2-4-13(14)16-17-18/h2-9H,1H2. The van der Waals surface area contributed by atoms with Crippen LogP contribution in [0.1, 0.15) is 5.56 Å². The molecule has 0 aliphatic rings. The number of para-hydroxylation sites is 1. The van der Waals surface area contributed by atoms with E-state index in [0.717, 1.165) is 26.8 Å². The predicted molar refractivity (Wildman–Crippen MR) is 76.1 cm³/mol. The van der Waals surface area contributed by atoms with E-state index in [1.165, 1.54) is 0 Å². The highest BCUT2D eigenvalue weighted by Crippen LogP contribution is 2.21. The van der Waals surface area contributed by atoms with Gasteiger partial charge in [-0.3, -0.25) is 0 Å². The van der Waals surface area contributed by atoms with Gasteiger partial charge in [0.15, 0.2) is 0 Å². The molecule has 3 aromatic rings. The maximum absolute atomic E-state index is 4.15. The number of rotatable bonds is 2. The molecule has 1 aromatic heterocycles. The largest absolute Gasteiger partial charge is 0.213 e. The number of hydrogen-bond acceptors (Lipinski definition) is 2. The van der Waals surface area contributed by atoms with Crippen molar-refractivity contribution in [3.63, 3.8) is 0 Å². The SMILES string of the molecule is C=C(c1ccc(Br)cc1)n1nnc2ccccc21.